The summed E-state index contributed by atoms with van der Waals surface area (Å²) in [5.74, 6) is 1.39. The number of nitrogens with one attached hydrogen (secondary N) is 2. The summed E-state index contributed by atoms with van der Waals surface area (Å²) in [5, 5.41) is 6.32. The number of carbonyl (C=O) groups is 2. The number of hydrogen-bond acceptors (Lipinski definition) is 5. The van der Waals surface area contributed by atoms with Gasteiger partial charge in [-0.3, -0.25) is 14.9 Å². The lowest BCUT2D eigenvalue weighted by molar-refractivity contribution is -0.138. The molecule has 28 heavy (non-hydrogen) atoms. The number of carbonyl (C=O) groups excluding carboxylic acids is 2. The quantitative estimate of drug-likeness (QED) is 0.763. The lowest BCUT2D eigenvalue weighted by Gasteiger charge is -2.59. The van der Waals surface area contributed by atoms with Crippen molar-refractivity contribution in [1.82, 2.24) is 15.2 Å². The summed E-state index contributed by atoms with van der Waals surface area (Å²) in [6.45, 7) is 3.95. The van der Waals surface area contributed by atoms with Crippen LogP contribution in [0.5, 0.6) is 0 Å². The van der Waals surface area contributed by atoms with Crippen LogP contribution < -0.4 is 10.6 Å². The molecule has 1 atom stereocenters. The Labute approximate surface area is 170 Å². The summed E-state index contributed by atoms with van der Waals surface area (Å²) in [6, 6.07) is 0.0531. The zero-order chi connectivity index (χ0) is 19.5. The fourth-order valence-corrected chi connectivity index (χ4v) is 7.74. The molecule has 2 N–H and O–H groups in total. The second kappa shape index (κ2) is 6.80. The molecule has 4 saturated carbocycles. The largest absolute Gasteiger partial charge is 0.345 e. The SMILES string of the molecule is CC(NC(=O)C(=O)Nc1nc2c(s1)CN(C)CC2)C12CC3CC(CC(C3)C1)C2. The molecule has 1 aromatic heterocycles. The first-order valence-electron chi connectivity index (χ1n) is 10.7. The lowest BCUT2D eigenvalue weighted by atomic mass is 9.48. The van der Waals surface area contributed by atoms with Gasteiger partial charge in [0.05, 0.1) is 5.69 Å². The zero-order valence-electron chi connectivity index (χ0n) is 16.8. The first-order valence-corrected chi connectivity index (χ1v) is 11.5. The summed E-state index contributed by atoms with van der Waals surface area (Å²) in [7, 11) is 2.08. The average Bonchev–Trinajstić information content (AvgIpc) is 3.01. The Hall–Kier alpha value is -1.47. The number of likely N-dealkylation sites (N-methyl/N-ethyl adjacent to an activating group) is 1. The van der Waals surface area contributed by atoms with Gasteiger partial charge >= 0.3 is 11.8 Å². The van der Waals surface area contributed by atoms with E-state index in [-0.39, 0.29) is 11.5 Å². The van der Waals surface area contributed by atoms with Gasteiger partial charge in [0.25, 0.3) is 0 Å². The van der Waals surface area contributed by atoms with Crippen LogP contribution >= 0.6 is 11.3 Å². The van der Waals surface area contributed by atoms with Crippen molar-refractivity contribution < 1.29 is 9.59 Å². The smallest absolute Gasteiger partial charge is 0.315 e. The van der Waals surface area contributed by atoms with Crippen molar-refractivity contribution in [2.24, 2.45) is 23.2 Å². The second-order valence-electron chi connectivity index (χ2n) is 9.81. The molecular weight excluding hydrogens is 372 g/mol. The normalized spacial score (nSPS) is 34.7. The number of rotatable bonds is 3. The van der Waals surface area contributed by atoms with E-state index in [1.807, 2.05) is 0 Å². The van der Waals surface area contributed by atoms with E-state index in [1.165, 1.54) is 54.7 Å². The van der Waals surface area contributed by atoms with Crippen LogP contribution in [0.25, 0.3) is 0 Å². The van der Waals surface area contributed by atoms with E-state index >= 15 is 0 Å². The molecule has 4 bridgehead atoms. The second-order valence-corrected chi connectivity index (χ2v) is 10.9. The van der Waals surface area contributed by atoms with Gasteiger partial charge in [0.15, 0.2) is 5.13 Å². The molecule has 1 aromatic rings. The van der Waals surface area contributed by atoms with Crippen molar-refractivity contribution in [3.05, 3.63) is 10.6 Å². The molecule has 4 aliphatic carbocycles. The number of hydrogen-bond donors (Lipinski definition) is 2. The fraction of sp³-hybridized carbons (Fsp3) is 0.762. The minimum Gasteiger partial charge on any atom is -0.345 e. The first-order chi connectivity index (χ1) is 13.4. The maximum Gasteiger partial charge on any atom is 0.315 e. The standard InChI is InChI=1S/C21H30N4O2S/c1-12(21-8-13-5-14(9-21)7-15(6-13)10-21)22-18(26)19(27)24-20-23-16-3-4-25(2)11-17(16)28-20/h12-15H,3-11H2,1-2H3,(H,22,26)(H,23,24,27). The van der Waals surface area contributed by atoms with Gasteiger partial charge in [-0.2, -0.15) is 0 Å². The van der Waals surface area contributed by atoms with Crippen LogP contribution in [-0.4, -0.2) is 41.3 Å². The van der Waals surface area contributed by atoms with Crippen molar-refractivity contribution in [2.75, 3.05) is 18.9 Å². The molecular formula is C21H30N4O2S. The van der Waals surface area contributed by atoms with E-state index in [1.54, 1.807) is 0 Å². The van der Waals surface area contributed by atoms with Gasteiger partial charge in [0.1, 0.15) is 0 Å². The van der Waals surface area contributed by atoms with Crippen LogP contribution in [0.4, 0.5) is 5.13 Å². The molecule has 2 heterocycles. The highest BCUT2D eigenvalue weighted by Gasteiger charge is 2.53. The van der Waals surface area contributed by atoms with Crippen LogP contribution in [0.15, 0.2) is 0 Å². The third-order valence-electron chi connectivity index (χ3n) is 7.70. The molecule has 6 rings (SSSR count). The summed E-state index contributed by atoms with van der Waals surface area (Å²) in [6.07, 6.45) is 8.69. The summed E-state index contributed by atoms with van der Waals surface area (Å²) < 4.78 is 0. The Morgan fingerprint density at radius 3 is 2.43 bits per heavy atom. The molecule has 2 amide bonds. The number of nitrogens with zero attached hydrogens (tertiary/aromatic N) is 2. The van der Waals surface area contributed by atoms with Crippen molar-refractivity contribution >= 4 is 28.3 Å². The topological polar surface area (TPSA) is 74.3 Å². The highest BCUT2D eigenvalue weighted by atomic mass is 32.1. The van der Waals surface area contributed by atoms with Gasteiger partial charge in [0.2, 0.25) is 0 Å². The Kier molecular flexibility index (Phi) is 4.51. The number of thiazole rings is 1. The van der Waals surface area contributed by atoms with Gasteiger partial charge in [-0.25, -0.2) is 4.98 Å². The molecule has 1 aliphatic heterocycles. The average molecular weight is 403 g/mol. The van der Waals surface area contributed by atoms with Gasteiger partial charge in [-0.05, 0) is 75.7 Å². The van der Waals surface area contributed by atoms with Crippen molar-refractivity contribution in [1.29, 1.82) is 0 Å². The van der Waals surface area contributed by atoms with Crippen molar-refractivity contribution in [2.45, 2.75) is 64.5 Å². The third kappa shape index (κ3) is 3.26. The Morgan fingerprint density at radius 1 is 1.14 bits per heavy atom. The van der Waals surface area contributed by atoms with E-state index in [2.05, 4.69) is 34.5 Å². The molecule has 4 fully saturated rings. The minimum atomic E-state index is -0.587. The van der Waals surface area contributed by atoms with Gasteiger partial charge in [-0.1, -0.05) is 0 Å². The molecule has 0 radical (unpaired) electrons. The molecule has 7 heteroatoms. The van der Waals surface area contributed by atoms with E-state index in [4.69, 9.17) is 0 Å². The third-order valence-corrected chi connectivity index (χ3v) is 8.70. The molecule has 0 aromatic carbocycles. The van der Waals surface area contributed by atoms with Crippen LogP contribution in [0, 0.1) is 23.2 Å². The van der Waals surface area contributed by atoms with Crippen LogP contribution in [0.3, 0.4) is 0 Å². The Bertz CT molecular complexity index is 769. The summed E-state index contributed by atoms with van der Waals surface area (Å²) in [4.78, 5) is 33.0. The molecule has 0 saturated heterocycles. The van der Waals surface area contributed by atoms with Gasteiger partial charge in [-0.15, -0.1) is 11.3 Å². The molecule has 0 spiro atoms. The monoisotopic (exact) mass is 402 g/mol. The summed E-state index contributed by atoms with van der Waals surface area (Å²) in [5.41, 5.74) is 1.26. The molecule has 152 valence electrons. The maximum atomic E-state index is 12.6. The summed E-state index contributed by atoms with van der Waals surface area (Å²) >= 11 is 1.49. The van der Waals surface area contributed by atoms with E-state index < -0.39 is 11.8 Å². The van der Waals surface area contributed by atoms with Crippen LogP contribution in [-0.2, 0) is 22.6 Å². The van der Waals surface area contributed by atoms with E-state index in [9.17, 15) is 9.59 Å². The van der Waals surface area contributed by atoms with Gasteiger partial charge < -0.3 is 10.2 Å². The molecule has 1 unspecified atom stereocenters. The predicted octanol–water partition coefficient (Wildman–Crippen LogP) is 2.79. The Balaban J connectivity index is 1.21. The van der Waals surface area contributed by atoms with E-state index in [0.29, 0.717) is 5.13 Å². The zero-order valence-corrected chi connectivity index (χ0v) is 17.6. The lowest BCUT2D eigenvalue weighted by Crippen LogP contribution is -2.57. The Morgan fingerprint density at radius 2 is 1.79 bits per heavy atom. The number of aromatic nitrogens is 1. The number of anilines is 1. The van der Waals surface area contributed by atoms with Crippen molar-refractivity contribution in [3.8, 4) is 0 Å². The van der Waals surface area contributed by atoms with Crippen LogP contribution in [0.1, 0.15) is 56.0 Å². The van der Waals surface area contributed by atoms with E-state index in [0.717, 1.165) is 43.0 Å². The minimum absolute atomic E-state index is 0.0531. The van der Waals surface area contributed by atoms with Crippen molar-refractivity contribution in [3.63, 3.8) is 0 Å². The van der Waals surface area contributed by atoms with Crippen LogP contribution in [0.2, 0.25) is 0 Å². The van der Waals surface area contributed by atoms with Gasteiger partial charge in [0, 0.05) is 30.4 Å². The highest BCUT2D eigenvalue weighted by molar-refractivity contribution is 7.16. The molecule has 6 nitrogen and oxygen atoms in total. The predicted molar refractivity (Wildman–Crippen MR) is 109 cm³/mol. The highest BCUT2D eigenvalue weighted by Crippen LogP contribution is 2.61. The first kappa shape index (κ1) is 18.6. The fourth-order valence-electron chi connectivity index (χ4n) is 6.65. The maximum absolute atomic E-state index is 12.6. The molecule has 5 aliphatic rings. The number of amides is 2. The number of fused-ring (bicyclic) bond motifs is 1.